The highest BCUT2D eigenvalue weighted by atomic mass is 79.9. The van der Waals surface area contributed by atoms with Gasteiger partial charge in [0.1, 0.15) is 11.3 Å². The second-order valence-corrected chi connectivity index (χ2v) is 6.93. The number of hydrogen-bond acceptors (Lipinski definition) is 2. The fourth-order valence-electron chi connectivity index (χ4n) is 2.71. The van der Waals surface area contributed by atoms with Gasteiger partial charge in [0.15, 0.2) is 0 Å². The molecule has 21 heavy (non-hydrogen) atoms. The quantitative estimate of drug-likeness (QED) is 0.646. The highest BCUT2D eigenvalue weighted by Crippen LogP contribution is 2.34. The number of benzene rings is 1. The molecule has 2 rings (SSSR count). The van der Waals surface area contributed by atoms with Gasteiger partial charge in [-0.05, 0) is 49.1 Å². The molecule has 0 aliphatic rings. The lowest BCUT2D eigenvalue weighted by Crippen LogP contribution is -2.21. The molecular weight excluding hydrogens is 326 g/mol. The van der Waals surface area contributed by atoms with Crippen LogP contribution in [0.2, 0.25) is 0 Å². The Bertz CT molecular complexity index is 588. The lowest BCUT2D eigenvalue weighted by atomic mass is 10.0. The topological polar surface area (TPSA) is 25.2 Å². The van der Waals surface area contributed by atoms with Crippen LogP contribution in [0.25, 0.3) is 11.0 Å². The molecule has 1 aromatic heterocycles. The first-order valence-corrected chi connectivity index (χ1v) is 8.82. The first-order valence-electron chi connectivity index (χ1n) is 8.03. The maximum absolute atomic E-state index is 6.24. The van der Waals surface area contributed by atoms with Crippen molar-refractivity contribution in [2.75, 3.05) is 6.54 Å². The molecule has 0 spiro atoms. The Labute approximate surface area is 136 Å². The number of halogens is 1. The molecule has 1 unspecified atom stereocenters. The number of fused-ring (bicyclic) bond motifs is 1. The predicted molar refractivity (Wildman–Crippen MR) is 93.9 cm³/mol. The molecule has 3 heteroatoms. The van der Waals surface area contributed by atoms with Crippen LogP contribution < -0.4 is 5.32 Å². The molecule has 1 aromatic carbocycles. The van der Waals surface area contributed by atoms with Crippen LogP contribution in [0.4, 0.5) is 0 Å². The van der Waals surface area contributed by atoms with E-state index in [1.54, 1.807) is 0 Å². The standard InChI is InChI=1S/C18H26BrNO/c1-5-7-16(20-8-6-2)17-10-13-9-14(19)11-15(12(3)4)18(13)21-17/h9-12,16,20H,5-8H2,1-4H3. The summed E-state index contributed by atoms with van der Waals surface area (Å²) in [7, 11) is 0. The fourth-order valence-corrected chi connectivity index (χ4v) is 3.21. The van der Waals surface area contributed by atoms with E-state index < -0.39 is 0 Å². The Balaban J connectivity index is 2.42. The van der Waals surface area contributed by atoms with Crippen molar-refractivity contribution in [1.82, 2.24) is 5.32 Å². The zero-order chi connectivity index (χ0) is 15.4. The van der Waals surface area contributed by atoms with Crippen LogP contribution in [0.5, 0.6) is 0 Å². The molecule has 1 N–H and O–H groups in total. The average Bonchev–Trinajstić information content (AvgIpc) is 2.85. The lowest BCUT2D eigenvalue weighted by molar-refractivity contribution is 0.406. The van der Waals surface area contributed by atoms with E-state index in [9.17, 15) is 0 Å². The Morgan fingerprint density at radius 1 is 1.14 bits per heavy atom. The van der Waals surface area contributed by atoms with Crippen LogP contribution in [-0.4, -0.2) is 6.54 Å². The highest BCUT2D eigenvalue weighted by Gasteiger charge is 2.18. The summed E-state index contributed by atoms with van der Waals surface area (Å²) in [5.74, 6) is 1.53. The first kappa shape index (κ1) is 16.6. The lowest BCUT2D eigenvalue weighted by Gasteiger charge is -2.15. The number of nitrogens with one attached hydrogen (secondary N) is 1. The average molecular weight is 352 g/mol. The minimum atomic E-state index is 0.320. The van der Waals surface area contributed by atoms with Gasteiger partial charge in [-0.2, -0.15) is 0 Å². The minimum Gasteiger partial charge on any atom is -0.459 e. The first-order chi connectivity index (χ1) is 10.1. The van der Waals surface area contributed by atoms with Crippen molar-refractivity contribution < 1.29 is 4.42 Å². The molecule has 0 aliphatic carbocycles. The van der Waals surface area contributed by atoms with Crippen LogP contribution >= 0.6 is 15.9 Å². The molecule has 0 amide bonds. The highest BCUT2D eigenvalue weighted by molar-refractivity contribution is 9.10. The smallest absolute Gasteiger partial charge is 0.137 e. The van der Waals surface area contributed by atoms with Crippen molar-refractivity contribution in [3.8, 4) is 0 Å². The van der Waals surface area contributed by atoms with Crippen LogP contribution in [0.3, 0.4) is 0 Å². The van der Waals surface area contributed by atoms with Crippen LogP contribution in [0, 0.1) is 0 Å². The van der Waals surface area contributed by atoms with Gasteiger partial charge in [-0.15, -0.1) is 0 Å². The Morgan fingerprint density at radius 2 is 1.90 bits per heavy atom. The minimum absolute atomic E-state index is 0.320. The Morgan fingerprint density at radius 3 is 2.52 bits per heavy atom. The zero-order valence-corrected chi connectivity index (χ0v) is 15.1. The maximum Gasteiger partial charge on any atom is 0.137 e. The summed E-state index contributed by atoms with van der Waals surface area (Å²) in [5.41, 5.74) is 2.32. The molecule has 0 saturated carbocycles. The van der Waals surface area contributed by atoms with Crippen LogP contribution in [-0.2, 0) is 0 Å². The summed E-state index contributed by atoms with van der Waals surface area (Å²) in [4.78, 5) is 0. The van der Waals surface area contributed by atoms with Crippen LogP contribution in [0.1, 0.15) is 70.2 Å². The van der Waals surface area contributed by atoms with Crippen molar-refractivity contribution >= 4 is 26.9 Å². The van der Waals surface area contributed by atoms with Gasteiger partial charge < -0.3 is 9.73 Å². The van der Waals surface area contributed by atoms with Gasteiger partial charge in [0.05, 0.1) is 6.04 Å². The molecule has 1 atom stereocenters. The SMILES string of the molecule is CCCNC(CCC)c1cc2cc(Br)cc(C(C)C)c2o1. The summed E-state index contributed by atoms with van der Waals surface area (Å²) in [6.07, 6.45) is 3.40. The van der Waals surface area contributed by atoms with Gasteiger partial charge in [-0.25, -0.2) is 0 Å². The molecule has 0 aliphatic heterocycles. The third kappa shape index (κ3) is 3.89. The summed E-state index contributed by atoms with van der Waals surface area (Å²) in [5, 5.41) is 4.80. The van der Waals surface area contributed by atoms with Gasteiger partial charge >= 0.3 is 0 Å². The number of furan rings is 1. The van der Waals surface area contributed by atoms with Gasteiger partial charge in [0.25, 0.3) is 0 Å². The second kappa shape index (κ2) is 7.46. The van der Waals surface area contributed by atoms with Crippen molar-refractivity contribution in [2.24, 2.45) is 0 Å². The second-order valence-electron chi connectivity index (χ2n) is 6.01. The van der Waals surface area contributed by atoms with Gasteiger partial charge in [-0.1, -0.05) is 50.0 Å². The van der Waals surface area contributed by atoms with E-state index in [2.05, 4.69) is 67.1 Å². The van der Waals surface area contributed by atoms with Crippen molar-refractivity contribution in [2.45, 2.75) is 58.9 Å². The molecule has 0 fully saturated rings. The van der Waals surface area contributed by atoms with Crippen molar-refractivity contribution in [3.05, 3.63) is 34.0 Å². The van der Waals surface area contributed by atoms with E-state index in [0.29, 0.717) is 12.0 Å². The predicted octanol–water partition coefficient (Wildman–Crippen LogP) is 6.16. The van der Waals surface area contributed by atoms with Crippen molar-refractivity contribution in [1.29, 1.82) is 0 Å². The van der Waals surface area contributed by atoms with E-state index in [1.807, 2.05) is 0 Å². The fraction of sp³-hybridized carbons (Fsp3) is 0.556. The zero-order valence-electron chi connectivity index (χ0n) is 13.5. The molecule has 1 heterocycles. The number of hydrogen-bond donors (Lipinski definition) is 1. The molecular formula is C18H26BrNO. The molecule has 0 saturated heterocycles. The summed E-state index contributed by atoms with van der Waals surface area (Å²) in [6.45, 7) is 9.87. The normalized spacial score (nSPS) is 13.2. The maximum atomic E-state index is 6.24. The van der Waals surface area contributed by atoms with E-state index in [-0.39, 0.29) is 0 Å². The monoisotopic (exact) mass is 351 g/mol. The molecule has 116 valence electrons. The largest absolute Gasteiger partial charge is 0.459 e. The molecule has 0 radical (unpaired) electrons. The van der Waals surface area contributed by atoms with E-state index >= 15 is 0 Å². The summed E-state index contributed by atoms with van der Waals surface area (Å²) in [6, 6.07) is 6.85. The molecule has 0 bridgehead atoms. The Kier molecular flexibility index (Phi) is 5.88. The molecule has 2 nitrogen and oxygen atoms in total. The number of rotatable bonds is 7. The van der Waals surface area contributed by atoms with Gasteiger partial charge in [0.2, 0.25) is 0 Å². The third-order valence-corrected chi connectivity index (χ3v) is 4.27. The van der Waals surface area contributed by atoms with Gasteiger partial charge in [-0.3, -0.25) is 0 Å². The van der Waals surface area contributed by atoms with E-state index in [0.717, 1.165) is 41.6 Å². The summed E-state index contributed by atoms with van der Waals surface area (Å²) >= 11 is 3.61. The Hall–Kier alpha value is -0.800. The third-order valence-electron chi connectivity index (χ3n) is 3.81. The van der Waals surface area contributed by atoms with E-state index in [1.165, 1.54) is 10.9 Å². The van der Waals surface area contributed by atoms with Crippen molar-refractivity contribution in [3.63, 3.8) is 0 Å². The molecule has 2 aromatic rings. The summed E-state index contributed by atoms with van der Waals surface area (Å²) < 4.78 is 7.37. The van der Waals surface area contributed by atoms with E-state index in [4.69, 9.17) is 4.42 Å². The van der Waals surface area contributed by atoms with Gasteiger partial charge in [0, 0.05) is 9.86 Å². The van der Waals surface area contributed by atoms with Crippen LogP contribution in [0.15, 0.2) is 27.1 Å².